The molecule has 0 aliphatic rings. The summed E-state index contributed by atoms with van der Waals surface area (Å²) < 4.78 is 15.5. The number of aromatic nitrogens is 2. The summed E-state index contributed by atoms with van der Waals surface area (Å²) in [6.07, 6.45) is 1.98. The molecule has 0 amide bonds. The Labute approximate surface area is 120 Å². The Morgan fingerprint density at radius 1 is 1.40 bits per heavy atom. The van der Waals surface area contributed by atoms with Crippen molar-refractivity contribution in [3.05, 3.63) is 46.4 Å². The zero-order chi connectivity index (χ0) is 14.1. The third-order valence-electron chi connectivity index (χ3n) is 3.42. The highest BCUT2D eigenvalue weighted by atomic mass is 32.1. The van der Waals surface area contributed by atoms with Gasteiger partial charge in [0.05, 0.1) is 17.1 Å². The standard InChI is InChI=1S/C15H16FN3S/c1-2-4-12(14-5-3-8-20-14)19-13-9-10(16)6-7-11(13)18-15(19)17/h3,5-9,12H,2,4H2,1H3,(H2,17,18). The van der Waals surface area contributed by atoms with Crippen LogP contribution in [0.25, 0.3) is 11.0 Å². The second-order valence-electron chi connectivity index (χ2n) is 4.79. The molecule has 1 unspecified atom stereocenters. The van der Waals surface area contributed by atoms with Crippen LogP contribution in [0.4, 0.5) is 10.3 Å². The summed E-state index contributed by atoms with van der Waals surface area (Å²) in [4.78, 5) is 5.57. The van der Waals surface area contributed by atoms with Crippen LogP contribution in [0.15, 0.2) is 35.7 Å². The van der Waals surface area contributed by atoms with E-state index in [0.717, 1.165) is 23.9 Å². The van der Waals surface area contributed by atoms with E-state index in [1.54, 1.807) is 17.4 Å². The first-order valence-corrected chi connectivity index (χ1v) is 7.55. The van der Waals surface area contributed by atoms with E-state index in [-0.39, 0.29) is 11.9 Å². The van der Waals surface area contributed by atoms with Crippen LogP contribution < -0.4 is 5.73 Å². The van der Waals surface area contributed by atoms with Gasteiger partial charge in [0, 0.05) is 4.88 Å². The summed E-state index contributed by atoms with van der Waals surface area (Å²) in [6, 6.07) is 8.84. The molecule has 1 atom stereocenters. The molecule has 2 aromatic heterocycles. The molecule has 3 nitrogen and oxygen atoms in total. The molecule has 2 heterocycles. The molecule has 0 saturated heterocycles. The van der Waals surface area contributed by atoms with Gasteiger partial charge in [-0.3, -0.25) is 0 Å². The van der Waals surface area contributed by atoms with Gasteiger partial charge < -0.3 is 10.3 Å². The van der Waals surface area contributed by atoms with E-state index in [4.69, 9.17) is 5.73 Å². The number of hydrogen-bond acceptors (Lipinski definition) is 3. The molecule has 3 aromatic rings. The normalized spacial score (nSPS) is 12.9. The van der Waals surface area contributed by atoms with Gasteiger partial charge in [0.25, 0.3) is 0 Å². The molecule has 0 radical (unpaired) electrons. The third kappa shape index (κ3) is 2.18. The van der Waals surface area contributed by atoms with Crippen molar-refractivity contribution in [1.29, 1.82) is 0 Å². The van der Waals surface area contributed by atoms with Crippen LogP contribution in [-0.2, 0) is 0 Å². The van der Waals surface area contributed by atoms with Gasteiger partial charge in [-0.2, -0.15) is 0 Å². The van der Waals surface area contributed by atoms with Crippen molar-refractivity contribution < 1.29 is 4.39 Å². The Hall–Kier alpha value is -1.88. The summed E-state index contributed by atoms with van der Waals surface area (Å²) in [7, 11) is 0. The minimum atomic E-state index is -0.264. The van der Waals surface area contributed by atoms with Crippen molar-refractivity contribution in [2.75, 3.05) is 5.73 Å². The maximum atomic E-state index is 13.5. The lowest BCUT2D eigenvalue weighted by Gasteiger charge is -2.19. The maximum absolute atomic E-state index is 13.5. The molecule has 0 aliphatic carbocycles. The molecular weight excluding hydrogens is 273 g/mol. The number of nitrogens with zero attached hydrogens (tertiary/aromatic N) is 2. The minimum absolute atomic E-state index is 0.117. The predicted octanol–water partition coefficient (Wildman–Crippen LogP) is 4.21. The molecule has 0 saturated carbocycles. The van der Waals surface area contributed by atoms with E-state index < -0.39 is 0 Å². The topological polar surface area (TPSA) is 43.8 Å². The first-order chi connectivity index (χ1) is 9.70. The highest BCUT2D eigenvalue weighted by molar-refractivity contribution is 7.10. The Balaban J connectivity index is 2.20. The molecule has 2 N–H and O–H groups in total. The van der Waals surface area contributed by atoms with E-state index >= 15 is 0 Å². The fraction of sp³-hybridized carbons (Fsp3) is 0.267. The van der Waals surface area contributed by atoms with Gasteiger partial charge in [0.15, 0.2) is 0 Å². The van der Waals surface area contributed by atoms with Crippen LogP contribution >= 0.6 is 11.3 Å². The van der Waals surface area contributed by atoms with Crippen LogP contribution in [0.3, 0.4) is 0 Å². The number of halogens is 1. The number of imidazole rings is 1. The first-order valence-electron chi connectivity index (χ1n) is 6.67. The SMILES string of the molecule is CCCC(c1cccs1)n1c(N)nc2ccc(F)cc21. The fourth-order valence-electron chi connectivity index (χ4n) is 2.57. The highest BCUT2D eigenvalue weighted by Gasteiger charge is 2.20. The molecule has 3 rings (SSSR count). The molecule has 0 aliphatic heterocycles. The highest BCUT2D eigenvalue weighted by Crippen LogP contribution is 2.33. The molecule has 0 bridgehead atoms. The number of hydrogen-bond donors (Lipinski definition) is 1. The van der Waals surface area contributed by atoms with Gasteiger partial charge in [-0.25, -0.2) is 9.37 Å². The molecule has 0 fully saturated rings. The molecule has 104 valence electrons. The van der Waals surface area contributed by atoms with E-state index in [2.05, 4.69) is 18.0 Å². The van der Waals surface area contributed by atoms with Gasteiger partial charge in [-0.05, 0) is 36.1 Å². The molecule has 5 heteroatoms. The van der Waals surface area contributed by atoms with Crippen molar-refractivity contribution >= 4 is 28.3 Å². The number of benzene rings is 1. The van der Waals surface area contributed by atoms with Crippen molar-refractivity contribution in [2.45, 2.75) is 25.8 Å². The summed E-state index contributed by atoms with van der Waals surface area (Å²) in [5.41, 5.74) is 7.57. The Morgan fingerprint density at radius 3 is 2.95 bits per heavy atom. The second kappa shape index (κ2) is 5.25. The number of anilines is 1. The van der Waals surface area contributed by atoms with E-state index in [0.29, 0.717) is 5.95 Å². The smallest absolute Gasteiger partial charge is 0.201 e. The van der Waals surface area contributed by atoms with Gasteiger partial charge in [0.1, 0.15) is 5.82 Å². The summed E-state index contributed by atoms with van der Waals surface area (Å²) >= 11 is 1.69. The Morgan fingerprint density at radius 2 is 2.25 bits per heavy atom. The molecule has 20 heavy (non-hydrogen) atoms. The van der Waals surface area contributed by atoms with E-state index in [1.165, 1.54) is 17.0 Å². The zero-order valence-electron chi connectivity index (χ0n) is 11.2. The number of rotatable bonds is 4. The van der Waals surface area contributed by atoms with E-state index in [9.17, 15) is 4.39 Å². The van der Waals surface area contributed by atoms with Crippen LogP contribution in [-0.4, -0.2) is 9.55 Å². The lowest BCUT2D eigenvalue weighted by atomic mass is 10.1. The predicted molar refractivity (Wildman–Crippen MR) is 81.5 cm³/mol. The van der Waals surface area contributed by atoms with Gasteiger partial charge >= 0.3 is 0 Å². The number of nitrogen functional groups attached to an aromatic ring is 1. The van der Waals surface area contributed by atoms with Crippen LogP contribution in [0, 0.1) is 5.82 Å². The number of fused-ring (bicyclic) bond motifs is 1. The number of thiophene rings is 1. The van der Waals surface area contributed by atoms with Gasteiger partial charge in [0.2, 0.25) is 5.95 Å². The largest absolute Gasteiger partial charge is 0.369 e. The summed E-state index contributed by atoms with van der Waals surface area (Å²) in [6.45, 7) is 2.14. The van der Waals surface area contributed by atoms with Crippen LogP contribution in [0.1, 0.15) is 30.7 Å². The van der Waals surface area contributed by atoms with Gasteiger partial charge in [-0.15, -0.1) is 11.3 Å². The Bertz CT molecular complexity index is 718. The molecular formula is C15H16FN3S. The van der Waals surface area contributed by atoms with Crippen molar-refractivity contribution in [3.63, 3.8) is 0 Å². The molecule has 1 aromatic carbocycles. The second-order valence-corrected chi connectivity index (χ2v) is 5.77. The monoisotopic (exact) mass is 289 g/mol. The van der Waals surface area contributed by atoms with Crippen LogP contribution in [0.2, 0.25) is 0 Å². The van der Waals surface area contributed by atoms with Crippen molar-refractivity contribution in [2.24, 2.45) is 0 Å². The number of nitrogens with two attached hydrogens (primary N) is 1. The summed E-state index contributed by atoms with van der Waals surface area (Å²) in [5.74, 6) is 0.178. The van der Waals surface area contributed by atoms with E-state index in [1.807, 2.05) is 16.0 Å². The quantitative estimate of drug-likeness (QED) is 0.782. The summed E-state index contributed by atoms with van der Waals surface area (Å²) in [5, 5.41) is 2.05. The van der Waals surface area contributed by atoms with Crippen LogP contribution in [0.5, 0.6) is 0 Å². The lowest BCUT2D eigenvalue weighted by molar-refractivity contribution is 0.558. The third-order valence-corrected chi connectivity index (χ3v) is 4.40. The minimum Gasteiger partial charge on any atom is -0.369 e. The van der Waals surface area contributed by atoms with Gasteiger partial charge in [-0.1, -0.05) is 19.4 Å². The molecule has 0 spiro atoms. The maximum Gasteiger partial charge on any atom is 0.201 e. The Kier molecular flexibility index (Phi) is 3.44. The average Bonchev–Trinajstić information content (AvgIpc) is 3.04. The zero-order valence-corrected chi connectivity index (χ0v) is 12.0. The van der Waals surface area contributed by atoms with Crippen molar-refractivity contribution in [3.8, 4) is 0 Å². The fourth-order valence-corrected chi connectivity index (χ4v) is 3.42. The average molecular weight is 289 g/mol. The lowest BCUT2D eigenvalue weighted by Crippen LogP contribution is -2.12. The first kappa shape index (κ1) is 13.1. The van der Waals surface area contributed by atoms with Crippen molar-refractivity contribution in [1.82, 2.24) is 9.55 Å².